The number of nitrogens with zero attached hydrogens (tertiary/aromatic N) is 1. The van der Waals surface area contributed by atoms with Crippen molar-refractivity contribution in [3.8, 4) is 0 Å². The maximum absolute atomic E-state index is 13.0. The van der Waals surface area contributed by atoms with Crippen LogP contribution in [0.5, 0.6) is 0 Å². The number of ether oxygens (including phenoxy) is 1. The van der Waals surface area contributed by atoms with Crippen LogP contribution in [0.25, 0.3) is 0 Å². The fourth-order valence-corrected chi connectivity index (χ4v) is 4.05. The Morgan fingerprint density at radius 3 is 2.26 bits per heavy atom. The number of Topliss-reactive ketones (excluding diaryl/α,β-unsaturated/α-hetero) is 1. The number of aliphatic hydroxyl groups excluding tert-OH is 1. The molecule has 0 saturated heterocycles. The topological polar surface area (TPSA) is 125 Å². The van der Waals surface area contributed by atoms with Gasteiger partial charge in [-0.1, -0.05) is 23.8 Å². The van der Waals surface area contributed by atoms with Gasteiger partial charge in [0, 0.05) is 12.8 Å². The molecule has 164 valence electrons. The first-order chi connectivity index (χ1) is 14.4. The summed E-state index contributed by atoms with van der Waals surface area (Å²) in [5.74, 6) is -1.96. The zero-order chi connectivity index (χ0) is 23.3. The summed E-state index contributed by atoms with van der Waals surface area (Å²) in [5.41, 5.74) is 1.02. The Hall–Kier alpha value is -3.46. The number of aliphatic hydroxyl groups is 1. The molecule has 0 heterocycles. The molecule has 0 unspecified atom stereocenters. The second-order valence-electron chi connectivity index (χ2n) is 6.91. The summed E-state index contributed by atoms with van der Waals surface area (Å²) >= 11 is 0. The average molecular weight is 445 g/mol. The summed E-state index contributed by atoms with van der Waals surface area (Å²) in [6.45, 7) is 3.78. The largest absolute Gasteiger partial charge is 0.508 e. The number of esters is 1. The lowest BCUT2D eigenvalue weighted by atomic mass is 10.1. The Kier molecular flexibility index (Phi) is 7.35. The Morgan fingerprint density at radius 1 is 1.10 bits per heavy atom. The maximum atomic E-state index is 13.0. The summed E-state index contributed by atoms with van der Waals surface area (Å²) in [7, 11) is -2.52. The highest BCUT2D eigenvalue weighted by molar-refractivity contribution is 7.92. The first-order valence-electron chi connectivity index (χ1n) is 9.26. The van der Waals surface area contributed by atoms with Gasteiger partial charge in [0.2, 0.25) is 0 Å². The fraction of sp³-hybridized carbons (Fsp3) is 0.227. The van der Waals surface area contributed by atoms with E-state index in [4.69, 9.17) is 10.1 Å². The third kappa shape index (κ3) is 5.58. The van der Waals surface area contributed by atoms with E-state index in [1.54, 1.807) is 24.3 Å². The Morgan fingerprint density at radius 2 is 1.71 bits per heavy atom. The zero-order valence-electron chi connectivity index (χ0n) is 17.7. The van der Waals surface area contributed by atoms with E-state index in [2.05, 4.69) is 0 Å². The predicted molar refractivity (Wildman–Crippen MR) is 117 cm³/mol. The SMILES string of the molecule is CC(=N)/C(C(C)=O)=C(/O)COC(=O)c1cccc(S(=O)(=O)N(C)c2ccc(C)cc2)c1. The van der Waals surface area contributed by atoms with Crippen molar-refractivity contribution in [3.05, 3.63) is 71.0 Å². The van der Waals surface area contributed by atoms with E-state index in [0.29, 0.717) is 5.69 Å². The minimum atomic E-state index is -3.93. The van der Waals surface area contributed by atoms with E-state index in [9.17, 15) is 23.1 Å². The molecule has 2 aromatic rings. The van der Waals surface area contributed by atoms with Crippen molar-refractivity contribution >= 4 is 33.2 Å². The van der Waals surface area contributed by atoms with Gasteiger partial charge in [0.1, 0.15) is 12.4 Å². The number of allylic oxidation sites excluding steroid dienone is 1. The summed E-state index contributed by atoms with van der Waals surface area (Å²) < 4.78 is 32.0. The first kappa shape index (κ1) is 23.8. The number of carbonyl (C=O) groups excluding carboxylic acids is 2. The highest BCUT2D eigenvalue weighted by Gasteiger charge is 2.23. The Bertz CT molecular complexity index is 1130. The van der Waals surface area contributed by atoms with Crippen molar-refractivity contribution in [3.63, 3.8) is 0 Å². The molecule has 2 rings (SSSR count). The van der Waals surface area contributed by atoms with E-state index in [1.807, 2.05) is 6.92 Å². The average Bonchev–Trinajstić information content (AvgIpc) is 2.71. The molecule has 0 spiro atoms. The van der Waals surface area contributed by atoms with Gasteiger partial charge in [-0.2, -0.15) is 0 Å². The maximum Gasteiger partial charge on any atom is 0.338 e. The van der Waals surface area contributed by atoms with Gasteiger partial charge in [-0.3, -0.25) is 9.10 Å². The number of carbonyl (C=O) groups is 2. The molecule has 0 aromatic heterocycles. The summed E-state index contributed by atoms with van der Waals surface area (Å²) in [6, 6.07) is 12.3. The van der Waals surface area contributed by atoms with E-state index in [0.717, 1.165) is 9.87 Å². The lowest BCUT2D eigenvalue weighted by Crippen LogP contribution is -2.26. The van der Waals surface area contributed by atoms with E-state index < -0.39 is 34.1 Å². The number of benzene rings is 2. The number of nitrogens with one attached hydrogen (secondary N) is 1. The lowest BCUT2D eigenvalue weighted by molar-refractivity contribution is -0.113. The number of sulfonamides is 1. The molecule has 31 heavy (non-hydrogen) atoms. The smallest absolute Gasteiger partial charge is 0.338 e. The van der Waals surface area contributed by atoms with Crippen molar-refractivity contribution in [2.75, 3.05) is 18.0 Å². The van der Waals surface area contributed by atoms with Crippen LogP contribution in [0.3, 0.4) is 0 Å². The van der Waals surface area contributed by atoms with Crippen LogP contribution in [-0.4, -0.2) is 44.6 Å². The number of hydrogen-bond donors (Lipinski definition) is 2. The number of anilines is 1. The molecule has 0 aliphatic rings. The molecule has 0 saturated carbocycles. The molecule has 0 bridgehead atoms. The van der Waals surface area contributed by atoms with Crippen LogP contribution < -0.4 is 4.31 Å². The lowest BCUT2D eigenvalue weighted by Gasteiger charge is -2.20. The van der Waals surface area contributed by atoms with E-state index in [1.165, 1.54) is 45.2 Å². The molecule has 0 aliphatic heterocycles. The van der Waals surface area contributed by atoms with Gasteiger partial charge in [-0.05, 0) is 51.1 Å². The van der Waals surface area contributed by atoms with Crippen LogP contribution in [0.15, 0.2) is 64.8 Å². The highest BCUT2D eigenvalue weighted by atomic mass is 32.2. The molecule has 0 radical (unpaired) electrons. The van der Waals surface area contributed by atoms with Gasteiger partial charge in [-0.15, -0.1) is 0 Å². The number of rotatable bonds is 8. The van der Waals surface area contributed by atoms with E-state index in [-0.39, 0.29) is 21.7 Å². The van der Waals surface area contributed by atoms with Gasteiger partial charge in [0.15, 0.2) is 5.78 Å². The van der Waals surface area contributed by atoms with Gasteiger partial charge >= 0.3 is 5.97 Å². The molecule has 0 atom stereocenters. The molecule has 8 nitrogen and oxygen atoms in total. The molecule has 9 heteroatoms. The highest BCUT2D eigenvalue weighted by Crippen LogP contribution is 2.23. The van der Waals surface area contributed by atoms with Crippen LogP contribution in [0.4, 0.5) is 5.69 Å². The molecule has 0 amide bonds. The zero-order valence-corrected chi connectivity index (χ0v) is 18.5. The van der Waals surface area contributed by atoms with Crippen LogP contribution in [0.1, 0.15) is 29.8 Å². The minimum absolute atomic E-state index is 0.0397. The number of aryl methyl sites for hydroxylation is 1. The first-order valence-corrected chi connectivity index (χ1v) is 10.7. The molecule has 0 fully saturated rings. The summed E-state index contributed by atoms with van der Waals surface area (Å²) in [4.78, 5) is 23.8. The van der Waals surface area contributed by atoms with Crippen molar-refractivity contribution < 1.29 is 27.9 Å². The molecule has 2 aromatic carbocycles. The Labute approximate surface area is 181 Å². The number of ketones is 1. The standard InChI is InChI=1S/C22H24N2O6S/c1-14-8-10-18(11-9-14)24(4)31(28,29)19-7-5-6-17(12-19)22(27)30-13-20(26)21(15(2)23)16(3)25/h5-12,23,26H,13H2,1-4H3/b21-20-,23-15?. The van der Waals surface area contributed by atoms with Crippen molar-refractivity contribution in [1.82, 2.24) is 0 Å². The summed E-state index contributed by atoms with van der Waals surface area (Å²) in [6.07, 6.45) is 0. The van der Waals surface area contributed by atoms with Gasteiger partial charge in [0.25, 0.3) is 10.0 Å². The van der Waals surface area contributed by atoms with Gasteiger partial charge in [0.05, 0.1) is 21.7 Å². The van der Waals surface area contributed by atoms with Gasteiger partial charge in [-0.25, -0.2) is 13.2 Å². The van der Waals surface area contributed by atoms with Gasteiger partial charge < -0.3 is 15.3 Å². The molecular formula is C22H24N2O6S. The number of hydrogen-bond acceptors (Lipinski definition) is 7. The third-order valence-electron chi connectivity index (χ3n) is 4.48. The van der Waals surface area contributed by atoms with Crippen molar-refractivity contribution in [2.24, 2.45) is 0 Å². The normalized spacial score (nSPS) is 12.0. The van der Waals surface area contributed by atoms with Crippen LogP contribution in [-0.2, 0) is 19.6 Å². The molecule has 2 N–H and O–H groups in total. The van der Waals surface area contributed by atoms with Crippen LogP contribution in [0, 0.1) is 12.3 Å². The monoisotopic (exact) mass is 444 g/mol. The quantitative estimate of drug-likeness (QED) is 0.278. The second-order valence-corrected chi connectivity index (χ2v) is 8.88. The molecular weight excluding hydrogens is 420 g/mol. The van der Waals surface area contributed by atoms with E-state index >= 15 is 0 Å². The Balaban J connectivity index is 2.25. The third-order valence-corrected chi connectivity index (χ3v) is 6.26. The minimum Gasteiger partial charge on any atom is -0.508 e. The second kappa shape index (κ2) is 9.57. The fourth-order valence-electron chi connectivity index (χ4n) is 2.81. The molecule has 0 aliphatic carbocycles. The van der Waals surface area contributed by atoms with Crippen molar-refractivity contribution in [2.45, 2.75) is 25.7 Å². The van der Waals surface area contributed by atoms with Crippen LogP contribution >= 0.6 is 0 Å². The van der Waals surface area contributed by atoms with Crippen molar-refractivity contribution in [1.29, 1.82) is 5.41 Å². The predicted octanol–water partition coefficient (Wildman–Crippen LogP) is 3.42. The van der Waals surface area contributed by atoms with Crippen LogP contribution in [0.2, 0.25) is 0 Å². The summed E-state index contributed by atoms with van der Waals surface area (Å²) in [5, 5.41) is 17.5.